The number of aryl methyl sites for hydroxylation is 1. The first-order chi connectivity index (χ1) is 8.24. The summed E-state index contributed by atoms with van der Waals surface area (Å²) in [7, 11) is 0. The first-order valence-electron chi connectivity index (χ1n) is 6.47. The fraction of sp³-hybridized carbons (Fsp3) is 0.692. The molecule has 0 aliphatic heterocycles. The fourth-order valence-electron chi connectivity index (χ4n) is 2.58. The topological polar surface area (TPSA) is 63.8 Å². The molecule has 2 rings (SSSR count). The van der Waals surface area contributed by atoms with E-state index < -0.39 is 0 Å². The van der Waals surface area contributed by atoms with Gasteiger partial charge in [-0.25, -0.2) is 0 Å². The van der Waals surface area contributed by atoms with Gasteiger partial charge < -0.3 is 11.1 Å². The zero-order valence-corrected chi connectivity index (χ0v) is 10.6. The fourth-order valence-corrected chi connectivity index (χ4v) is 2.58. The third-order valence-corrected chi connectivity index (χ3v) is 3.78. The van der Waals surface area contributed by atoms with E-state index in [2.05, 4.69) is 15.5 Å². The van der Waals surface area contributed by atoms with E-state index in [1.54, 1.807) is 6.20 Å². The smallest absolute Gasteiger partial charge is 0.148 e. The molecule has 3 N–H and O–H groups in total. The van der Waals surface area contributed by atoms with Crippen LogP contribution in [0.3, 0.4) is 0 Å². The summed E-state index contributed by atoms with van der Waals surface area (Å²) < 4.78 is 0. The average Bonchev–Trinajstić information content (AvgIpc) is 2.38. The molecule has 0 aromatic carbocycles. The number of hydrogen-bond acceptors (Lipinski definition) is 4. The second-order valence-corrected chi connectivity index (χ2v) is 5.24. The second kappa shape index (κ2) is 5.45. The standard InChI is InChI=1S/C13H22N4/c1-11-7-12(17-16-8-11)15-10-13(9-14)5-3-2-4-6-13/h7-8H,2-6,9-10,14H2,1H3,(H,15,17). The Morgan fingerprint density at radius 3 is 2.76 bits per heavy atom. The van der Waals surface area contributed by atoms with Crippen LogP contribution in [0.15, 0.2) is 12.3 Å². The van der Waals surface area contributed by atoms with Gasteiger partial charge in [0, 0.05) is 6.54 Å². The molecule has 4 heteroatoms. The highest BCUT2D eigenvalue weighted by atomic mass is 15.2. The first-order valence-corrected chi connectivity index (χ1v) is 6.47. The van der Waals surface area contributed by atoms with Crippen molar-refractivity contribution >= 4 is 5.82 Å². The van der Waals surface area contributed by atoms with Gasteiger partial charge in [0.05, 0.1) is 6.20 Å². The lowest BCUT2D eigenvalue weighted by Crippen LogP contribution is -2.39. The van der Waals surface area contributed by atoms with Gasteiger partial charge in [-0.1, -0.05) is 19.3 Å². The Morgan fingerprint density at radius 2 is 2.12 bits per heavy atom. The number of aromatic nitrogens is 2. The zero-order valence-electron chi connectivity index (χ0n) is 10.6. The predicted octanol–water partition coefficient (Wildman–Crippen LogP) is 2.11. The minimum absolute atomic E-state index is 0.268. The number of nitrogens with two attached hydrogens (primary N) is 1. The van der Waals surface area contributed by atoms with E-state index in [-0.39, 0.29) is 5.41 Å². The molecule has 1 heterocycles. The molecular formula is C13H22N4. The Morgan fingerprint density at radius 1 is 1.35 bits per heavy atom. The highest BCUT2D eigenvalue weighted by molar-refractivity contribution is 5.35. The van der Waals surface area contributed by atoms with Crippen LogP contribution in [0.2, 0.25) is 0 Å². The van der Waals surface area contributed by atoms with Gasteiger partial charge in [-0.05, 0) is 43.4 Å². The molecule has 0 bridgehead atoms. The molecule has 4 nitrogen and oxygen atoms in total. The molecule has 0 spiro atoms. The van der Waals surface area contributed by atoms with E-state index >= 15 is 0 Å². The van der Waals surface area contributed by atoms with Gasteiger partial charge in [0.15, 0.2) is 0 Å². The lowest BCUT2D eigenvalue weighted by molar-refractivity contribution is 0.215. The lowest BCUT2D eigenvalue weighted by atomic mass is 9.74. The van der Waals surface area contributed by atoms with Crippen molar-refractivity contribution in [3.8, 4) is 0 Å². The number of anilines is 1. The molecule has 1 aromatic rings. The van der Waals surface area contributed by atoms with Gasteiger partial charge in [-0.3, -0.25) is 0 Å². The molecule has 1 saturated carbocycles. The van der Waals surface area contributed by atoms with Gasteiger partial charge in [0.2, 0.25) is 0 Å². The third kappa shape index (κ3) is 3.16. The monoisotopic (exact) mass is 234 g/mol. The molecule has 0 radical (unpaired) electrons. The summed E-state index contributed by atoms with van der Waals surface area (Å²) in [6, 6.07) is 2.03. The quantitative estimate of drug-likeness (QED) is 0.837. The SMILES string of the molecule is Cc1cnnc(NCC2(CN)CCCCC2)c1. The van der Waals surface area contributed by atoms with Crippen LogP contribution in [0.5, 0.6) is 0 Å². The molecule has 17 heavy (non-hydrogen) atoms. The molecule has 0 unspecified atom stereocenters. The van der Waals surface area contributed by atoms with Gasteiger partial charge in [-0.2, -0.15) is 5.10 Å². The Kier molecular flexibility index (Phi) is 3.94. The summed E-state index contributed by atoms with van der Waals surface area (Å²) in [5.74, 6) is 0.864. The van der Waals surface area contributed by atoms with Crippen LogP contribution in [-0.2, 0) is 0 Å². The predicted molar refractivity (Wildman–Crippen MR) is 69.8 cm³/mol. The highest BCUT2D eigenvalue weighted by Crippen LogP contribution is 2.35. The maximum atomic E-state index is 5.96. The van der Waals surface area contributed by atoms with Crippen LogP contribution in [0.25, 0.3) is 0 Å². The number of nitrogens with zero attached hydrogens (tertiary/aromatic N) is 2. The van der Waals surface area contributed by atoms with E-state index in [1.165, 1.54) is 32.1 Å². The lowest BCUT2D eigenvalue weighted by Gasteiger charge is -2.36. The van der Waals surface area contributed by atoms with Crippen molar-refractivity contribution in [2.75, 3.05) is 18.4 Å². The zero-order chi connectivity index (χ0) is 12.1. The minimum atomic E-state index is 0.268. The Labute approximate surface area is 103 Å². The van der Waals surface area contributed by atoms with E-state index in [9.17, 15) is 0 Å². The van der Waals surface area contributed by atoms with Gasteiger partial charge in [-0.15, -0.1) is 5.10 Å². The van der Waals surface area contributed by atoms with Crippen molar-refractivity contribution in [2.24, 2.45) is 11.1 Å². The van der Waals surface area contributed by atoms with Crippen molar-refractivity contribution in [1.29, 1.82) is 0 Å². The van der Waals surface area contributed by atoms with Crippen LogP contribution < -0.4 is 11.1 Å². The van der Waals surface area contributed by atoms with E-state index in [0.717, 1.165) is 24.5 Å². The van der Waals surface area contributed by atoms with Crippen molar-refractivity contribution in [3.05, 3.63) is 17.8 Å². The molecule has 0 saturated heterocycles. The number of hydrogen-bond donors (Lipinski definition) is 2. The summed E-state index contributed by atoms with van der Waals surface area (Å²) in [5, 5.41) is 11.4. The van der Waals surface area contributed by atoms with Gasteiger partial charge >= 0.3 is 0 Å². The number of nitrogens with one attached hydrogen (secondary N) is 1. The largest absolute Gasteiger partial charge is 0.368 e. The molecule has 0 atom stereocenters. The van der Waals surface area contributed by atoms with E-state index in [4.69, 9.17) is 5.73 Å². The van der Waals surface area contributed by atoms with Crippen LogP contribution >= 0.6 is 0 Å². The summed E-state index contributed by atoms with van der Waals surface area (Å²) >= 11 is 0. The Bertz CT molecular complexity index is 358. The second-order valence-electron chi connectivity index (χ2n) is 5.24. The van der Waals surface area contributed by atoms with Crippen LogP contribution in [0.1, 0.15) is 37.7 Å². The maximum Gasteiger partial charge on any atom is 0.148 e. The van der Waals surface area contributed by atoms with Crippen LogP contribution in [0.4, 0.5) is 5.82 Å². The molecule has 1 aliphatic rings. The van der Waals surface area contributed by atoms with E-state index in [0.29, 0.717) is 0 Å². The Balaban J connectivity index is 1.95. The summed E-state index contributed by atoms with van der Waals surface area (Å²) in [5.41, 5.74) is 7.36. The first kappa shape index (κ1) is 12.3. The van der Waals surface area contributed by atoms with Crippen molar-refractivity contribution in [3.63, 3.8) is 0 Å². The average molecular weight is 234 g/mol. The van der Waals surface area contributed by atoms with Crippen LogP contribution in [-0.4, -0.2) is 23.3 Å². The third-order valence-electron chi connectivity index (χ3n) is 3.78. The van der Waals surface area contributed by atoms with Gasteiger partial charge in [0.1, 0.15) is 5.82 Å². The normalized spacial score (nSPS) is 18.9. The summed E-state index contributed by atoms with van der Waals surface area (Å²) in [6.45, 7) is 3.71. The molecule has 0 amide bonds. The molecule has 1 aromatic heterocycles. The van der Waals surface area contributed by atoms with Gasteiger partial charge in [0.25, 0.3) is 0 Å². The van der Waals surface area contributed by atoms with E-state index in [1.807, 2.05) is 13.0 Å². The maximum absolute atomic E-state index is 5.96. The molecular weight excluding hydrogens is 212 g/mol. The Hall–Kier alpha value is -1.16. The van der Waals surface area contributed by atoms with Crippen molar-refractivity contribution in [1.82, 2.24) is 10.2 Å². The highest BCUT2D eigenvalue weighted by Gasteiger charge is 2.30. The van der Waals surface area contributed by atoms with Crippen LogP contribution in [0, 0.1) is 12.3 Å². The van der Waals surface area contributed by atoms with Crippen molar-refractivity contribution in [2.45, 2.75) is 39.0 Å². The number of rotatable bonds is 4. The molecule has 1 fully saturated rings. The van der Waals surface area contributed by atoms with Crippen molar-refractivity contribution < 1.29 is 0 Å². The molecule has 94 valence electrons. The molecule has 1 aliphatic carbocycles. The summed E-state index contributed by atoms with van der Waals surface area (Å²) in [4.78, 5) is 0. The summed E-state index contributed by atoms with van der Waals surface area (Å²) in [6.07, 6.45) is 8.19. The minimum Gasteiger partial charge on any atom is -0.368 e.